The van der Waals surface area contributed by atoms with Crippen LogP contribution >= 0.6 is 0 Å². The van der Waals surface area contributed by atoms with Crippen molar-refractivity contribution in [3.05, 3.63) is 83.0 Å². The molecule has 0 atom stereocenters. The highest BCUT2D eigenvalue weighted by molar-refractivity contribution is 7.90. The van der Waals surface area contributed by atoms with E-state index in [0.29, 0.717) is 0 Å². The molecule has 2 aromatic carbocycles. The normalized spacial score (nSPS) is 12.2. The maximum absolute atomic E-state index is 13.0. The molecule has 1 aromatic heterocycles. The van der Waals surface area contributed by atoms with Gasteiger partial charge >= 0.3 is 5.69 Å². The van der Waals surface area contributed by atoms with Crippen LogP contribution in [0.5, 0.6) is 0 Å². The second-order valence-corrected chi connectivity index (χ2v) is 8.72. The second-order valence-electron chi connectivity index (χ2n) is 5.09. The zero-order valence-electron chi connectivity index (χ0n) is 12.8. The van der Waals surface area contributed by atoms with Gasteiger partial charge in [-0.3, -0.25) is 0 Å². The molecule has 0 spiro atoms. The summed E-state index contributed by atoms with van der Waals surface area (Å²) in [5, 5.41) is 0. The summed E-state index contributed by atoms with van der Waals surface area (Å²) in [6, 6.07) is 7.36. The highest BCUT2D eigenvalue weighted by Crippen LogP contribution is 2.15. The summed E-state index contributed by atoms with van der Waals surface area (Å²) in [4.78, 5) is 11.6. The van der Waals surface area contributed by atoms with Crippen molar-refractivity contribution >= 4 is 20.0 Å². The maximum atomic E-state index is 13.0. The van der Waals surface area contributed by atoms with Gasteiger partial charge in [0.1, 0.15) is 11.6 Å². The van der Waals surface area contributed by atoms with Gasteiger partial charge < -0.3 is 0 Å². The van der Waals surface area contributed by atoms with E-state index in [1.165, 1.54) is 0 Å². The van der Waals surface area contributed by atoms with Crippen LogP contribution < -0.4 is 5.69 Å². The van der Waals surface area contributed by atoms with E-state index in [1.54, 1.807) is 0 Å². The first kappa shape index (κ1) is 18.0. The summed E-state index contributed by atoms with van der Waals surface area (Å²) in [7, 11) is -8.85. The highest BCUT2D eigenvalue weighted by atomic mass is 32.2. The minimum absolute atomic E-state index is 0.224. The van der Waals surface area contributed by atoms with E-state index < -0.39 is 47.2 Å². The Morgan fingerprint density at radius 1 is 0.615 bits per heavy atom. The number of nitrogens with zero attached hydrogens (tertiary/aromatic N) is 2. The molecule has 0 unspecified atom stereocenters. The van der Waals surface area contributed by atoms with Gasteiger partial charge in [0.15, 0.2) is 0 Å². The smallest absolute Gasteiger partial charge is 0.245 e. The topological polar surface area (TPSA) is 95.2 Å². The van der Waals surface area contributed by atoms with E-state index >= 15 is 0 Å². The summed E-state index contributed by atoms with van der Waals surface area (Å²) in [6.45, 7) is 0. The van der Waals surface area contributed by atoms with Crippen LogP contribution in [0.1, 0.15) is 0 Å². The Kier molecular flexibility index (Phi) is 4.28. The zero-order chi connectivity index (χ0) is 19.1. The molecule has 3 aromatic rings. The van der Waals surface area contributed by atoms with E-state index in [2.05, 4.69) is 0 Å². The lowest BCUT2D eigenvalue weighted by molar-refractivity contribution is 0.580. The van der Waals surface area contributed by atoms with E-state index in [1.807, 2.05) is 0 Å². The van der Waals surface area contributed by atoms with Gasteiger partial charge in [-0.15, -0.1) is 0 Å². The lowest BCUT2D eigenvalue weighted by Crippen LogP contribution is -2.32. The Labute approximate surface area is 146 Å². The van der Waals surface area contributed by atoms with Crippen LogP contribution in [0.3, 0.4) is 0 Å². The molecule has 0 bridgehead atoms. The summed E-state index contributed by atoms with van der Waals surface area (Å²) < 4.78 is 76.2. The van der Waals surface area contributed by atoms with Gasteiger partial charge in [0.05, 0.1) is 9.79 Å². The van der Waals surface area contributed by atoms with Gasteiger partial charge in [-0.1, -0.05) is 0 Å². The third kappa shape index (κ3) is 2.95. The number of hydrogen-bond acceptors (Lipinski definition) is 5. The summed E-state index contributed by atoms with van der Waals surface area (Å²) in [6.07, 6.45) is 1.53. The molecule has 0 aliphatic carbocycles. The molecule has 0 aliphatic rings. The lowest BCUT2D eigenvalue weighted by atomic mass is 10.4. The average molecular weight is 400 g/mol. The van der Waals surface area contributed by atoms with Crippen molar-refractivity contribution in [2.24, 2.45) is 0 Å². The number of benzene rings is 2. The molecule has 0 saturated carbocycles. The molecule has 11 heteroatoms. The highest BCUT2D eigenvalue weighted by Gasteiger charge is 2.26. The Balaban J connectivity index is 2.12. The Morgan fingerprint density at radius 2 is 0.923 bits per heavy atom. The predicted molar refractivity (Wildman–Crippen MR) is 86.7 cm³/mol. The van der Waals surface area contributed by atoms with Crippen molar-refractivity contribution < 1.29 is 25.6 Å². The Bertz CT molecular complexity index is 1130. The fourth-order valence-electron chi connectivity index (χ4n) is 2.15. The van der Waals surface area contributed by atoms with E-state index in [4.69, 9.17) is 0 Å². The van der Waals surface area contributed by atoms with Crippen LogP contribution in [0.15, 0.2) is 75.5 Å². The van der Waals surface area contributed by atoms with Crippen LogP contribution in [-0.4, -0.2) is 24.8 Å². The molecule has 3 rings (SSSR count). The predicted octanol–water partition coefficient (Wildman–Crippen LogP) is 1.40. The number of rotatable bonds is 4. The van der Waals surface area contributed by atoms with Crippen LogP contribution in [0, 0.1) is 11.6 Å². The number of aromatic nitrogens is 2. The molecule has 136 valence electrons. The third-order valence-corrected chi connectivity index (χ3v) is 6.78. The van der Waals surface area contributed by atoms with Crippen LogP contribution in [0.25, 0.3) is 0 Å². The summed E-state index contributed by atoms with van der Waals surface area (Å²) >= 11 is 0. The SMILES string of the molecule is O=c1n(S(=O)(=O)c2ccc(F)cc2)ccn1S(=O)(=O)c1ccc(F)cc1. The van der Waals surface area contributed by atoms with Crippen molar-refractivity contribution in [3.63, 3.8) is 0 Å². The number of hydrogen-bond donors (Lipinski definition) is 0. The summed E-state index contributed by atoms with van der Waals surface area (Å²) in [5.41, 5.74) is -1.36. The van der Waals surface area contributed by atoms with Crippen molar-refractivity contribution in [1.29, 1.82) is 0 Å². The first-order chi connectivity index (χ1) is 12.1. The van der Waals surface area contributed by atoms with Crippen molar-refractivity contribution in [2.75, 3.05) is 0 Å². The van der Waals surface area contributed by atoms with Gasteiger partial charge in [0.25, 0.3) is 20.0 Å². The van der Waals surface area contributed by atoms with Gasteiger partial charge in [0, 0.05) is 12.4 Å². The van der Waals surface area contributed by atoms with Crippen LogP contribution in [0.2, 0.25) is 0 Å². The van der Waals surface area contributed by atoms with Gasteiger partial charge in [-0.2, -0.15) is 7.94 Å². The standard InChI is InChI=1S/C15H10F2N2O5S2/c16-11-1-5-13(6-2-11)25(21,22)18-9-10-19(15(18)20)26(23,24)14-7-3-12(17)4-8-14/h1-10H. The van der Waals surface area contributed by atoms with E-state index in [9.17, 15) is 30.4 Å². The average Bonchev–Trinajstić information content (AvgIpc) is 2.99. The molecular formula is C15H10F2N2O5S2. The quantitative estimate of drug-likeness (QED) is 0.660. The van der Waals surface area contributed by atoms with E-state index in [-0.39, 0.29) is 7.94 Å². The fraction of sp³-hybridized carbons (Fsp3) is 0. The molecule has 26 heavy (non-hydrogen) atoms. The lowest BCUT2D eigenvalue weighted by Gasteiger charge is -2.06. The number of imidazole rings is 1. The van der Waals surface area contributed by atoms with Crippen LogP contribution in [-0.2, 0) is 20.0 Å². The van der Waals surface area contributed by atoms with E-state index in [0.717, 1.165) is 60.9 Å². The third-order valence-electron chi connectivity index (χ3n) is 3.46. The van der Waals surface area contributed by atoms with Gasteiger partial charge in [0.2, 0.25) is 0 Å². The molecule has 0 amide bonds. The molecule has 0 aliphatic heterocycles. The molecule has 7 nitrogen and oxygen atoms in total. The molecule has 0 N–H and O–H groups in total. The van der Waals surface area contributed by atoms with Gasteiger partial charge in [-0.05, 0) is 48.5 Å². The minimum atomic E-state index is -4.42. The molecule has 1 heterocycles. The van der Waals surface area contributed by atoms with Crippen LogP contribution in [0.4, 0.5) is 8.78 Å². The second kappa shape index (κ2) is 6.18. The number of halogens is 2. The molecule has 0 radical (unpaired) electrons. The molecule has 0 saturated heterocycles. The first-order valence-electron chi connectivity index (χ1n) is 6.96. The molecular weight excluding hydrogens is 390 g/mol. The van der Waals surface area contributed by atoms with Crippen molar-refractivity contribution in [3.8, 4) is 0 Å². The Hall–Kier alpha value is -2.79. The zero-order valence-corrected chi connectivity index (χ0v) is 14.4. The molecule has 0 fully saturated rings. The maximum Gasteiger partial charge on any atom is 0.356 e. The van der Waals surface area contributed by atoms with Crippen molar-refractivity contribution in [2.45, 2.75) is 9.79 Å². The monoisotopic (exact) mass is 400 g/mol. The summed E-state index contributed by atoms with van der Waals surface area (Å²) in [5.74, 6) is -1.35. The van der Waals surface area contributed by atoms with Crippen molar-refractivity contribution in [1.82, 2.24) is 7.94 Å². The minimum Gasteiger partial charge on any atom is -0.245 e. The Morgan fingerprint density at radius 3 is 1.23 bits per heavy atom. The first-order valence-corrected chi connectivity index (χ1v) is 9.84. The largest absolute Gasteiger partial charge is 0.356 e. The van der Waals surface area contributed by atoms with Gasteiger partial charge in [-0.25, -0.2) is 30.4 Å². The fourth-order valence-corrected chi connectivity index (χ4v) is 4.63.